The fraction of sp³-hybridized carbons (Fsp3) is 0.311. The van der Waals surface area contributed by atoms with Crippen LogP contribution in [0.3, 0.4) is 0 Å². The summed E-state index contributed by atoms with van der Waals surface area (Å²) in [4.78, 5) is 78.8. The molecule has 0 radical (unpaired) electrons. The molecular formula is C45H40ClFN8O8S. The lowest BCUT2D eigenvalue weighted by molar-refractivity contribution is -0.129. The van der Waals surface area contributed by atoms with Crippen LogP contribution in [0.25, 0.3) is 31.7 Å². The van der Waals surface area contributed by atoms with Crippen LogP contribution in [-0.4, -0.2) is 64.4 Å². The van der Waals surface area contributed by atoms with Gasteiger partial charge < -0.3 is 19.1 Å². The topological polar surface area (TPSA) is 178 Å². The van der Waals surface area contributed by atoms with Gasteiger partial charge in [0.2, 0.25) is 11.8 Å². The number of halogens is 2. The molecule has 1 N–H and O–H groups in total. The number of amides is 2. The minimum absolute atomic E-state index is 0.0625. The van der Waals surface area contributed by atoms with E-state index >= 15 is 9.18 Å². The number of rotatable bonds is 8. The quantitative estimate of drug-likeness (QED) is 0.149. The van der Waals surface area contributed by atoms with Crippen molar-refractivity contribution in [2.24, 2.45) is 25.4 Å². The zero-order chi connectivity index (χ0) is 45.3. The van der Waals surface area contributed by atoms with E-state index in [1.54, 1.807) is 45.3 Å². The highest BCUT2D eigenvalue weighted by Crippen LogP contribution is 2.62. The van der Waals surface area contributed by atoms with Crippen molar-refractivity contribution < 1.29 is 28.6 Å². The number of para-hydroxylation sites is 1. The Labute approximate surface area is 371 Å². The Morgan fingerprint density at radius 1 is 1.00 bits per heavy atom. The van der Waals surface area contributed by atoms with Crippen LogP contribution in [0.4, 0.5) is 10.2 Å². The number of phenols is 1. The first-order valence-electron chi connectivity index (χ1n) is 20.4. The van der Waals surface area contributed by atoms with Gasteiger partial charge in [-0.3, -0.25) is 19.1 Å². The van der Waals surface area contributed by atoms with Crippen molar-refractivity contribution in [2.45, 2.75) is 51.7 Å². The number of allylic oxidation sites excluding steroid dienone is 2. The molecule has 10 rings (SSSR count). The van der Waals surface area contributed by atoms with Crippen molar-refractivity contribution in [1.29, 1.82) is 0 Å². The molecule has 2 fully saturated rings. The third kappa shape index (κ3) is 5.73. The number of aryl methyl sites for hydroxylation is 4. The lowest BCUT2D eigenvalue weighted by Crippen LogP contribution is -2.49. The van der Waals surface area contributed by atoms with Crippen molar-refractivity contribution in [1.82, 2.24) is 33.3 Å². The van der Waals surface area contributed by atoms with Gasteiger partial charge in [0.15, 0.2) is 23.1 Å². The van der Waals surface area contributed by atoms with Crippen molar-refractivity contribution in [2.75, 3.05) is 19.1 Å². The summed E-state index contributed by atoms with van der Waals surface area (Å²) in [5.74, 6) is -3.94. The summed E-state index contributed by atoms with van der Waals surface area (Å²) in [7, 11) is 6.19. The maximum absolute atomic E-state index is 15.3. The lowest BCUT2D eigenvalue weighted by atomic mass is 9.56. The molecule has 1 saturated heterocycles. The molecule has 0 unspecified atom stereocenters. The average molecular weight is 907 g/mol. The number of aromatic hydroxyl groups is 1. The maximum atomic E-state index is 15.3. The van der Waals surface area contributed by atoms with Crippen LogP contribution < -0.4 is 31.3 Å². The monoisotopic (exact) mass is 906 g/mol. The molecule has 328 valence electrons. The van der Waals surface area contributed by atoms with Crippen LogP contribution in [-0.2, 0) is 43.2 Å². The number of imide groups is 1. The van der Waals surface area contributed by atoms with Gasteiger partial charge in [0.1, 0.15) is 17.2 Å². The van der Waals surface area contributed by atoms with E-state index in [2.05, 4.69) is 4.98 Å². The number of ether oxygens (including phenoxy) is 2. The van der Waals surface area contributed by atoms with Crippen molar-refractivity contribution in [3.05, 3.63) is 125 Å². The number of phenolic OH excluding ortho intramolecular Hbond substituents is 1. The van der Waals surface area contributed by atoms with Gasteiger partial charge in [0.25, 0.3) is 5.56 Å². The predicted octanol–water partition coefficient (Wildman–Crippen LogP) is 5.60. The Kier molecular flexibility index (Phi) is 9.43. The van der Waals surface area contributed by atoms with E-state index in [0.29, 0.717) is 38.8 Å². The molecule has 4 aromatic heterocycles. The number of carbonyl (C=O) groups excluding carboxylic acids is 2. The highest BCUT2D eigenvalue weighted by Gasteiger charge is 2.66. The minimum atomic E-state index is -1.58. The molecule has 3 aromatic carbocycles. The summed E-state index contributed by atoms with van der Waals surface area (Å²) >= 11 is 7.82. The van der Waals surface area contributed by atoms with Crippen LogP contribution in [0, 0.1) is 24.1 Å². The first-order chi connectivity index (χ1) is 30.6. The second-order valence-corrected chi connectivity index (χ2v) is 18.1. The molecule has 64 heavy (non-hydrogen) atoms. The third-order valence-electron chi connectivity index (χ3n) is 13.4. The van der Waals surface area contributed by atoms with Crippen LogP contribution in [0.1, 0.15) is 42.1 Å². The second kappa shape index (κ2) is 14.6. The molecule has 4 atom stereocenters. The Morgan fingerprint density at radius 3 is 2.50 bits per heavy atom. The highest BCUT2D eigenvalue weighted by atomic mass is 35.5. The van der Waals surface area contributed by atoms with Crippen LogP contribution in [0.2, 0.25) is 5.02 Å². The lowest BCUT2D eigenvalue weighted by Gasteiger charge is -2.47. The molecule has 0 bridgehead atoms. The third-order valence-corrected chi connectivity index (χ3v) is 14.9. The summed E-state index contributed by atoms with van der Waals surface area (Å²) in [6.07, 6.45) is 1.57. The van der Waals surface area contributed by atoms with E-state index in [0.717, 1.165) is 36.1 Å². The van der Waals surface area contributed by atoms with E-state index < -0.39 is 63.6 Å². The van der Waals surface area contributed by atoms with E-state index in [-0.39, 0.29) is 43.0 Å². The SMILES string of the molecule is COc1cc2nc(CCn3c(=O)n4n(c3=O)[C@@H]3C[C@H]5C(=O)N(c6cc(-c7sc8ccc(Cl)cc8c7C)nn6C)C(=O)[C@@]5(C)[C@@H](c5cccc(F)c5O)C3=CC4)c(=O)n(C)c2cc1OC. The summed E-state index contributed by atoms with van der Waals surface area (Å²) in [5, 5.41) is 17.6. The number of thiophene rings is 1. The number of anilines is 1. The van der Waals surface area contributed by atoms with E-state index in [1.807, 2.05) is 25.1 Å². The molecule has 7 aromatic rings. The standard InChI is InChI=1S/C45H40ClFN8O8S/c1-21-25-16-22(46)10-11-35(25)64-39(21)30-19-36(51(4)49-30)54-40(57)26-17-31-23(37(45(26,2)42(54)59)24-8-7-9-27(47)38(24)56)12-15-53-43(60)52(44(61)55(31)53)14-13-28-41(58)50(3)32-20-34(63-6)33(62-5)18-29(32)48-28/h7-12,16,18-20,26,31,37,56H,13-15,17H2,1-6H3/t26-,31+,37+,45+/m0/s1. The number of benzene rings is 3. The van der Waals surface area contributed by atoms with Gasteiger partial charge in [-0.2, -0.15) is 5.10 Å². The molecule has 6 heterocycles. The van der Waals surface area contributed by atoms with Crippen LogP contribution >= 0.6 is 22.9 Å². The smallest absolute Gasteiger partial charge is 0.347 e. The van der Waals surface area contributed by atoms with Crippen LogP contribution in [0.5, 0.6) is 17.2 Å². The van der Waals surface area contributed by atoms with Crippen molar-refractivity contribution in [3.63, 3.8) is 0 Å². The van der Waals surface area contributed by atoms with Crippen molar-refractivity contribution >= 4 is 61.7 Å². The average Bonchev–Trinajstić information content (AvgIpc) is 3.95. The molecule has 1 saturated carbocycles. The predicted molar refractivity (Wildman–Crippen MR) is 237 cm³/mol. The Morgan fingerprint density at radius 2 is 1.75 bits per heavy atom. The molecule has 0 spiro atoms. The highest BCUT2D eigenvalue weighted by molar-refractivity contribution is 7.22. The van der Waals surface area contributed by atoms with Gasteiger partial charge in [-0.05, 0) is 61.1 Å². The second-order valence-electron chi connectivity index (χ2n) is 16.6. The molecule has 16 nitrogen and oxygen atoms in total. The fourth-order valence-electron chi connectivity index (χ4n) is 10.1. The first kappa shape index (κ1) is 41.2. The molecule has 19 heteroatoms. The molecule has 3 aliphatic rings. The number of nitrogens with zero attached hydrogens (tertiary/aromatic N) is 8. The van der Waals surface area contributed by atoms with Gasteiger partial charge in [-0.15, -0.1) is 11.3 Å². The fourth-order valence-corrected chi connectivity index (χ4v) is 11.5. The summed E-state index contributed by atoms with van der Waals surface area (Å²) in [6.45, 7) is 3.29. The van der Waals surface area contributed by atoms with Gasteiger partial charge in [0.05, 0.1) is 54.0 Å². The largest absolute Gasteiger partial charge is 0.505 e. The molecule has 2 aliphatic heterocycles. The number of hydrogen-bond donors (Lipinski definition) is 1. The zero-order valence-electron chi connectivity index (χ0n) is 35.4. The number of carbonyl (C=O) groups is 2. The van der Waals surface area contributed by atoms with E-state index in [4.69, 9.17) is 26.2 Å². The number of hydrogen-bond acceptors (Lipinski definition) is 11. The normalized spacial score (nSPS) is 20.5. The number of aromatic nitrogens is 7. The zero-order valence-corrected chi connectivity index (χ0v) is 37.0. The Bertz CT molecular complexity index is 3420. The minimum Gasteiger partial charge on any atom is -0.505 e. The molecule has 1 aliphatic carbocycles. The van der Waals surface area contributed by atoms with E-state index in [1.165, 1.54) is 56.3 Å². The van der Waals surface area contributed by atoms with Crippen LogP contribution in [0.15, 0.2) is 80.6 Å². The van der Waals surface area contributed by atoms with Gasteiger partial charge >= 0.3 is 11.4 Å². The van der Waals surface area contributed by atoms with Gasteiger partial charge in [0, 0.05) is 66.5 Å². The summed E-state index contributed by atoms with van der Waals surface area (Å²) < 4.78 is 33.6. The van der Waals surface area contributed by atoms with Gasteiger partial charge in [-0.1, -0.05) is 29.8 Å². The maximum Gasteiger partial charge on any atom is 0.347 e. The number of fused-ring (bicyclic) bond motifs is 6. The first-order valence-corrected chi connectivity index (χ1v) is 21.6. The molecular weight excluding hydrogens is 867 g/mol. The summed E-state index contributed by atoms with van der Waals surface area (Å²) in [5.41, 5.74) is -0.322. The van der Waals surface area contributed by atoms with Crippen molar-refractivity contribution in [3.8, 4) is 27.8 Å². The Balaban J connectivity index is 1.05. The Hall–Kier alpha value is -6.79. The van der Waals surface area contributed by atoms with Gasteiger partial charge in [-0.25, -0.2) is 37.8 Å². The number of methoxy groups -OCH3 is 2. The van der Waals surface area contributed by atoms with E-state index in [9.17, 15) is 24.3 Å². The molecule has 2 amide bonds. The summed E-state index contributed by atoms with van der Waals surface area (Å²) in [6, 6.07) is 13.6.